The normalized spacial score (nSPS) is 11.5. The van der Waals surface area contributed by atoms with E-state index < -0.39 is 0 Å². The zero-order chi connectivity index (χ0) is 12.8. The molecule has 2 heteroatoms. The van der Waals surface area contributed by atoms with Gasteiger partial charge in [-0.1, -0.05) is 54.2 Å². The molecule has 0 saturated carbocycles. The van der Waals surface area contributed by atoms with E-state index in [9.17, 15) is 0 Å². The van der Waals surface area contributed by atoms with E-state index >= 15 is 0 Å². The summed E-state index contributed by atoms with van der Waals surface area (Å²) in [6, 6.07) is 20.4. The summed E-state index contributed by atoms with van der Waals surface area (Å²) in [4.78, 5) is 2.28. The summed E-state index contributed by atoms with van der Waals surface area (Å²) in [6.07, 6.45) is 1.68. The number of nitriles is 1. The van der Waals surface area contributed by atoms with Gasteiger partial charge in [-0.15, -0.1) is 6.58 Å². The van der Waals surface area contributed by atoms with Crippen molar-refractivity contribution in [3.63, 3.8) is 0 Å². The first-order chi connectivity index (χ1) is 8.85. The molecule has 0 spiro atoms. The van der Waals surface area contributed by atoms with Crippen molar-refractivity contribution in [2.24, 2.45) is 0 Å². The molecule has 18 heavy (non-hydrogen) atoms. The van der Waals surface area contributed by atoms with Crippen LogP contribution in [0, 0.1) is 11.3 Å². The molecule has 0 aromatic heterocycles. The van der Waals surface area contributed by atoms with E-state index in [1.807, 2.05) is 42.5 Å². The predicted octanol–water partition coefficient (Wildman–Crippen LogP) is 4.63. The minimum Gasteiger partial charge on any atom is -0.197 e. The largest absolute Gasteiger partial charge is 0.197 e. The molecule has 88 valence electrons. The van der Waals surface area contributed by atoms with E-state index in [4.69, 9.17) is 5.26 Å². The Morgan fingerprint density at radius 2 is 1.72 bits per heavy atom. The average Bonchev–Trinajstić information content (AvgIpc) is 2.43. The third-order valence-corrected chi connectivity index (χ3v) is 3.70. The van der Waals surface area contributed by atoms with Crippen LogP contribution in [0.4, 0.5) is 0 Å². The highest BCUT2D eigenvalue weighted by Crippen LogP contribution is 2.33. The van der Waals surface area contributed by atoms with Crippen molar-refractivity contribution in [3.05, 3.63) is 72.8 Å². The van der Waals surface area contributed by atoms with Crippen molar-refractivity contribution >= 4 is 11.8 Å². The number of hydrogen-bond acceptors (Lipinski definition) is 2. The molecule has 0 aliphatic rings. The molecule has 0 fully saturated rings. The van der Waals surface area contributed by atoms with Crippen LogP contribution in [-0.2, 0) is 0 Å². The fourth-order valence-electron chi connectivity index (χ4n) is 1.70. The number of allylic oxidation sites excluding steroid dienone is 1. The molecule has 1 nitrogen and oxygen atoms in total. The Morgan fingerprint density at radius 1 is 1.06 bits per heavy atom. The molecule has 2 aromatic rings. The maximum Gasteiger partial charge on any atom is 0.0901 e. The lowest BCUT2D eigenvalue weighted by atomic mass is 10.0. The van der Waals surface area contributed by atoms with Gasteiger partial charge in [-0.05, 0) is 23.8 Å². The summed E-state index contributed by atoms with van der Waals surface area (Å²) in [5.74, 6) is -0.252. The lowest BCUT2D eigenvalue weighted by molar-refractivity contribution is 1.05. The minimum atomic E-state index is -0.252. The summed E-state index contributed by atoms with van der Waals surface area (Å²) >= 11 is 1.67. The molecule has 0 saturated heterocycles. The smallest absolute Gasteiger partial charge is 0.0901 e. The van der Waals surface area contributed by atoms with Crippen molar-refractivity contribution in [2.45, 2.75) is 15.7 Å². The second kappa shape index (κ2) is 6.09. The molecule has 0 aliphatic carbocycles. The second-order valence-electron chi connectivity index (χ2n) is 3.80. The quantitative estimate of drug-likeness (QED) is 0.740. The predicted molar refractivity (Wildman–Crippen MR) is 75.6 cm³/mol. The van der Waals surface area contributed by atoms with Crippen molar-refractivity contribution in [3.8, 4) is 6.07 Å². The maximum absolute atomic E-state index is 9.14. The SMILES string of the molecule is C=C[C@H](C#N)c1ccccc1Sc1ccccc1. The summed E-state index contributed by atoms with van der Waals surface area (Å²) in [5.41, 5.74) is 1.02. The first-order valence-electron chi connectivity index (χ1n) is 5.69. The summed E-state index contributed by atoms with van der Waals surface area (Å²) in [7, 11) is 0. The molecule has 0 aliphatic heterocycles. The van der Waals surface area contributed by atoms with Gasteiger partial charge in [0.15, 0.2) is 0 Å². The van der Waals surface area contributed by atoms with E-state index in [-0.39, 0.29) is 5.92 Å². The van der Waals surface area contributed by atoms with Gasteiger partial charge < -0.3 is 0 Å². The minimum absolute atomic E-state index is 0.252. The molecule has 2 rings (SSSR count). The van der Waals surface area contributed by atoms with E-state index in [1.165, 1.54) is 4.90 Å². The molecular formula is C16H13NS. The summed E-state index contributed by atoms with van der Waals surface area (Å²) in [5, 5.41) is 9.14. The van der Waals surface area contributed by atoms with Gasteiger partial charge in [-0.2, -0.15) is 5.26 Å². The molecule has 0 radical (unpaired) electrons. The van der Waals surface area contributed by atoms with Gasteiger partial charge in [0.05, 0.1) is 12.0 Å². The standard InChI is InChI=1S/C16H13NS/c1-2-13(12-17)15-10-6-7-11-16(15)18-14-8-4-3-5-9-14/h2-11,13H,1H2/t13-/m1/s1. The van der Waals surface area contributed by atoms with Crippen molar-refractivity contribution in [2.75, 3.05) is 0 Å². The van der Waals surface area contributed by atoms with Crippen LogP contribution < -0.4 is 0 Å². The Balaban J connectivity index is 2.34. The van der Waals surface area contributed by atoms with Crippen LogP contribution in [0.2, 0.25) is 0 Å². The van der Waals surface area contributed by atoms with E-state index in [0.717, 1.165) is 10.5 Å². The van der Waals surface area contributed by atoms with Crippen LogP contribution in [0.5, 0.6) is 0 Å². The van der Waals surface area contributed by atoms with E-state index in [2.05, 4.69) is 24.8 Å². The van der Waals surface area contributed by atoms with Crippen molar-refractivity contribution in [1.29, 1.82) is 5.26 Å². The van der Waals surface area contributed by atoms with Crippen LogP contribution in [0.3, 0.4) is 0 Å². The van der Waals surface area contributed by atoms with Gasteiger partial charge in [-0.25, -0.2) is 0 Å². The highest BCUT2D eigenvalue weighted by Gasteiger charge is 2.11. The Hall–Kier alpha value is -1.98. The van der Waals surface area contributed by atoms with Crippen LogP contribution in [-0.4, -0.2) is 0 Å². The van der Waals surface area contributed by atoms with E-state index in [0.29, 0.717) is 0 Å². The number of rotatable bonds is 4. The van der Waals surface area contributed by atoms with Crippen LogP contribution >= 0.6 is 11.8 Å². The second-order valence-corrected chi connectivity index (χ2v) is 4.91. The third-order valence-electron chi connectivity index (χ3n) is 2.60. The van der Waals surface area contributed by atoms with Crippen LogP contribution in [0.1, 0.15) is 11.5 Å². The molecule has 0 bridgehead atoms. The lowest BCUT2D eigenvalue weighted by Gasteiger charge is -2.10. The van der Waals surface area contributed by atoms with Gasteiger partial charge in [0.1, 0.15) is 0 Å². The van der Waals surface area contributed by atoms with Crippen molar-refractivity contribution < 1.29 is 0 Å². The molecule has 0 unspecified atom stereocenters. The summed E-state index contributed by atoms with van der Waals surface area (Å²) < 4.78 is 0. The average molecular weight is 251 g/mol. The number of benzene rings is 2. The third kappa shape index (κ3) is 2.82. The highest BCUT2D eigenvalue weighted by molar-refractivity contribution is 7.99. The zero-order valence-electron chi connectivity index (χ0n) is 9.91. The monoisotopic (exact) mass is 251 g/mol. The first kappa shape index (κ1) is 12.5. The molecule has 1 atom stereocenters. The number of hydrogen-bond donors (Lipinski definition) is 0. The molecule has 0 heterocycles. The summed E-state index contributed by atoms with van der Waals surface area (Å²) in [6.45, 7) is 3.72. The topological polar surface area (TPSA) is 23.8 Å². The highest BCUT2D eigenvalue weighted by atomic mass is 32.2. The molecule has 0 N–H and O–H groups in total. The van der Waals surface area contributed by atoms with Crippen LogP contribution in [0.25, 0.3) is 0 Å². The fraction of sp³-hybridized carbons (Fsp3) is 0.0625. The maximum atomic E-state index is 9.14. The fourth-order valence-corrected chi connectivity index (χ4v) is 2.70. The molecule has 2 aromatic carbocycles. The number of nitrogens with zero attached hydrogens (tertiary/aromatic N) is 1. The Bertz CT molecular complexity index is 569. The van der Waals surface area contributed by atoms with Gasteiger partial charge >= 0.3 is 0 Å². The Morgan fingerprint density at radius 3 is 2.39 bits per heavy atom. The van der Waals surface area contributed by atoms with Gasteiger partial charge in [0, 0.05) is 9.79 Å². The first-order valence-corrected chi connectivity index (χ1v) is 6.51. The zero-order valence-corrected chi connectivity index (χ0v) is 10.7. The van der Waals surface area contributed by atoms with Crippen molar-refractivity contribution in [1.82, 2.24) is 0 Å². The van der Waals surface area contributed by atoms with Gasteiger partial charge in [-0.3, -0.25) is 0 Å². The van der Waals surface area contributed by atoms with Crippen LogP contribution in [0.15, 0.2) is 77.0 Å². The lowest BCUT2D eigenvalue weighted by Crippen LogP contribution is -1.93. The molecular weight excluding hydrogens is 238 g/mol. The van der Waals surface area contributed by atoms with Gasteiger partial charge in [0.25, 0.3) is 0 Å². The van der Waals surface area contributed by atoms with E-state index in [1.54, 1.807) is 17.8 Å². The van der Waals surface area contributed by atoms with Gasteiger partial charge in [0.2, 0.25) is 0 Å². The Kier molecular flexibility index (Phi) is 4.22. The Labute approximate surface area is 112 Å². The molecule has 0 amide bonds.